The Kier molecular flexibility index (Phi) is 4.79. The molecule has 4 rings (SSSR count). The van der Waals surface area contributed by atoms with E-state index in [4.69, 9.17) is 0 Å². The van der Waals surface area contributed by atoms with Gasteiger partial charge in [0.1, 0.15) is 0 Å². The van der Waals surface area contributed by atoms with E-state index in [1.807, 2.05) is 0 Å². The maximum atomic E-state index is 11.6. The second-order valence-electron chi connectivity index (χ2n) is 11.4. The van der Waals surface area contributed by atoms with E-state index in [-0.39, 0.29) is 12.2 Å². The van der Waals surface area contributed by atoms with Crippen molar-refractivity contribution in [2.75, 3.05) is 0 Å². The number of hydrogen-bond donors (Lipinski definition) is 2. The molecule has 0 aromatic rings. The molecule has 0 aromatic carbocycles. The van der Waals surface area contributed by atoms with Gasteiger partial charge in [-0.15, -0.1) is 0 Å². The minimum atomic E-state index is -0.149. The van der Waals surface area contributed by atoms with E-state index < -0.39 is 0 Å². The van der Waals surface area contributed by atoms with Crippen LogP contribution in [0.25, 0.3) is 0 Å². The summed E-state index contributed by atoms with van der Waals surface area (Å²) < 4.78 is 0. The molecule has 4 aliphatic carbocycles. The molecule has 0 heterocycles. The molecular formula is C24H42O2. The van der Waals surface area contributed by atoms with Crippen molar-refractivity contribution in [1.29, 1.82) is 0 Å². The van der Waals surface area contributed by atoms with E-state index >= 15 is 0 Å². The molecule has 4 aliphatic rings. The van der Waals surface area contributed by atoms with Crippen LogP contribution in [0, 0.1) is 52.3 Å². The van der Waals surface area contributed by atoms with Gasteiger partial charge in [0, 0.05) is 0 Å². The summed E-state index contributed by atoms with van der Waals surface area (Å²) in [7, 11) is 0. The SMILES string of the molecule is CC[C@H]1[C@@H](O)C2C3CCC(C(C)C)[C@@]3(C)CCC2[C@@]2(C)CC[C@@H](O)C[C@@H]12. The lowest BCUT2D eigenvalue weighted by Gasteiger charge is -2.64. The van der Waals surface area contributed by atoms with Crippen LogP contribution in [0.5, 0.6) is 0 Å². The number of aliphatic hydroxyl groups excluding tert-OH is 2. The van der Waals surface area contributed by atoms with Crippen LogP contribution in [-0.4, -0.2) is 22.4 Å². The third-order valence-corrected chi connectivity index (χ3v) is 10.3. The normalized spacial score (nSPS) is 56.8. The number of rotatable bonds is 2. The highest BCUT2D eigenvalue weighted by molar-refractivity contribution is 5.13. The second kappa shape index (κ2) is 6.48. The maximum absolute atomic E-state index is 11.6. The van der Waals surface area contributed by atoms with Crippen LogP contribution in [0.15, 0.2) is 0 Å². The molecule has 2 N–H and O–H groups in total. The molecule has 0 aromatic heterocycles. The summed E-state index contributed by atoms with van der Waals surface area (Å²) in [6, 6.07) is 0. The molecule has 2 nitrogen and oxygen atoms in total. The molecule has 10 atom stereocenters. The van der Waals surface area contributed by atoms with E-state index in [1.54, 1.807) is 0 Å². The number of hydrogen-bond acceptors (Lipinski definition) is 2. The average molecular weight is 363 g/mol. The molecule has 0 aliphatic heterocycles. The van der Waals surface area contributed by atoms with Gasteiger partial charge < -0.3 is 10.2 Å². The van der Waals surface area contributed by atoms with E-state index in [0.717, 1.165) is 31.1 Å². The largest absolute Gasteiger partial charge is 0.393 e. The van der Waals surface area contributed by atoms with E-state index in [2.05, 4.69) is 34.6 Å². The quantitative estimate of drug-likeness (QED) is 0.702. The molecule has 0 saturated heterocycles. The second-order valence-corrected chi connectivity index (χ2v) is 11.4. The van der Waals surface area contributed by atoms with Crippen LogP contribution < -0.4 is 0 Å². The van der Waals surface area contributed by atoms with Crippen molar-refractivity contribution in [3.63, 3.8) is 0 Å². The molecule has 26 heavy (non-hydrogen) atoms. The topological polar surface area (TPSA) is 40.5 Å². The van der Waals surface area contributed by atoms with Gasteiger partial charge in [-0.3, -0.25) is 0 Å². The monoisotopic (exact) mass is 362 g/mol. The predicted molar refractivity (Wildman–Crippen MR) is 107 cm³/mol. The van der Waals surface area contributed by atoms with Crippen molar-refractivity contribution in [3.05, 3.63) is 0 Å². The fourth-order valence-corrected chi connectivity index (χ4v) is 9.09. The molecule has 150 valence electrons. The first kappa shape index (κ1) is 19.2. The summed E-state index contributed by atoms with van der Waals surface area (Å²) in [4.78, 5) is 0. The zero-order valence-electron chi connectivity index (χ0n) is 17.7. The first-order chi connectivity index (χ1) is 12.2. The van der Waals surface area contributed by atoms with Crippen LogP contribution in [0.3, 0.4) is 0 Å². The summed E-state index contributed by atoms with van der Waals surface area (Å²) in [6.07, 6.45) is 9.19. The minimum absolute atomic E-state index is 0.142. The molecule has 0 bridgehead atoms. The molecular weight excluding hydrogens is 320 g/mol. The van der Waals surface area contributed by atoms with Crippen LogP contribution in [0.4, 0.5) is 0 Å². The van der Waals surface area contributed by atoms with Gasteiger partial charge in [-0.1, -0.05) is 41.0 Å². The Hall–Kier alpha value is -0.0800. The van der Waals surface area contributed by atoms with Crippen LogP contribution >= 0.6 is 0 Å². The Morgan fingerprint density at radius 2 is 1.54 bits per heavy atom. The lowest BCUT2D eigenvalue weighted by Crippen LogP contribution is -2.62. The Morgan fingerprint density at radius 1 is 0.885 bits per heavy atom. The van der Waals surface area contributed by atoms with Crippen LogP contribution in [-0.2, 0) is 0 Å². The third kappa shape index (κ3) is 2.50. The molecule has 0 radical (unpaired) electrons. The first-order valence-electron chi connectivity index (χ1n) is 11.6. The van der Waals surface area contributed by atoms with Gasteiger partial charge in [0.2, 0.25) is 0 Å². The maximum Gasteiger partial charge on any atom is 0.0605 e. The minimum Gasteiger partial charge on any atom is -0.393 e. The van der Waals surface area contributed by atoms with Gasteiger partial charge in [0.05, 0.1) is 12.2 Å². The van der Waals surface area contributed by atoms with Gasteiger partial charge >= 0.3 is 0 Å². The highest BCUT2D eigenvalue weighted by atomic mass is 16.3. The number of aliphatic hydroxyl groups is 2. The third-order valence-electron chi connectivity index (χ3n) is 10.3. The summed E-state index contributed by atoms with van der Waals surface area (Å²) in [5.74, 6) is 4.37. The van der Waals surface area contributed by atoms with E-state index in [0.29, 0.717) is 40.4 Å². The van der Waals surface area contributed by atoms with E-state index in [9.17, 15) is 10.2 Å². The summed E-state index contributed by atoms with van der Waals surface area (Å²) in [6.45, 7) is 12.2. The molecule has 4 saturated carbocycles. The fraction of sp³-hybridized carbons (Fsp3) is 1.00. The van der Waals surface area contributed by atoms with Gasteiger partial charge in [0.15, 0.2) is 0 Å². The Bertz CT molecular complexity index is 530. The average Bonchev–Trinajstić information content (AvgIpc) is 2.94. The molecule has 0 spiro atoms. The smallest absolute Gasteiger partial charge is 0.0605 e. The van der Waals surface area contributed by atoms with Crippen molar-refractivity contribution >= 4 is 0 Å². The summed E-state index contributed by atoms with van der Waals surface area (Å²) in [5.41, 5.74) is 0.771. The standard InChI is InChI=1S/C24H42O2/c1-6-16-20-13-15(25)9-11-24(20,5)19-10-12-23(4)17(14(2)3)7-8-18(23)21(19)22(16)26/h14-22,25-26H,6-13H2,1-5H3/t15-,16-,17?,18?,19?,20+,21?,22-,23-,24-/m1/s1. The first-order valence-corrected chi connectivity index (χ1v) is 11.6. The van der Waals surface area contributed by atoms with Crippen molar-refractivity contribution < 1.29 is 10.2 Å². The zero-order chi connectivity index (χ0) is 18.9. The lowest BCUT2D eigenvalue weighted by molar-refractivity contribution is -0.203. The summed E-state index contributed by atoms with van der Waals surface area (Å²) >= 11 is 0. The van der Waals surface area contributed by atoms with E-state index in [1.165, 1.54) is 32.1 Å². The van der Waals surface area contributed by atoms with Crippen molar-refractivity contribution in [2.45, 2.75) is 98.2 Å². The Balaban J connectivity index is 1.71. The van der Waals surface area contributed by atoms with Crippen LogP contribution in [0.2, 0.25) is 0 Å². The molecule has 4 fully saturated rings. The Labute approximate surface area is 161 Å². The highest BCUT2D eigenvalue weighted by Gasteiger charge is 2.64. The lowest BCUT2D eigenvalue weighted by atomic mass is 9.41. The van der Waals surface area contributed by atoms with Gasteiger partial charge in [-0.25, -0.2) is 0 Å². The van der Waals surface area contributed by atoms with Crippen molar-refractivity contribution in [1.82, 2.24) is 0 Å². The zero-order valence-corrected chi connectivity index (χ0v) is 17.7. The molecule has 2 heteroatoms. The predicted octanol–water partition coefficient (Wildman–Crippen LogP) is 5.27. The van der Waals surface area contributed by atoms with Crippen molar-refractivity contribution in [2.24, 2.45) is 52.3 Å². The van der Waals surface area contributed by atoms with Crippen LogP contribution in [0.1, 0.15) is 86.0 Å². The highest BCUT2D eigenvalue weighted by Crippen LogP contribution is 2.69. The number of fused-ring (bicyclic) bond motifs is 5. The summed E-state index contributed by atoms with van der Waals surface area (Å²) in [5, 5.41) is 22.0. The molecule has 4 unspecified atom stereocenters. The van der Waals surface area contributed by atoms with Gasteiger partial charge in [-0.2, -0.15) is 0 Å². The fourth-order valence-electron chi connectivity index (χ4n) is 9.09. The Morgan fingerprint density at radius 3 is 2.19 bits per heavy atom. The van der Waals surface area contributed by atoms with Gasteiger partial charge in [-0.05, 0) is 97.2 Å². The molecule has 0 amide bonds. The van der Waals surface area contributed by atoms with Gasteiger partial charge in [0.25, 0.3) is 0 Å². The van der Waals surface area contributed by atoms with Crippen molar-refractivity contribution in [3.8, 4) is 0 Å².